The van der Waals surface area contributed by atoms with Gasteiger partial charge in [0.15, 0.2) is 11.0 Å². The Hall–Kier alpha value is -1.88. The minimum atomic E-state index is 0.204. The van der Waals surface area contributed by atoms with Gasteiger partial charge in [-0.3, -0.25) is 4.79 Å². The number of halogens is 1. The number of carbonyl (C=O) groups excluding carboxylic acids is 1. The molecule has 1 aromatic carbocycles. The number of nitrogens with zero attached hydrogens (tertiary/aromatic N) is 4. The van der Waals surface area contributed by atoms with Crippen molar-refractivity contribution in [1.82, 2.24) is 15.1 Å². The molecule has 2 heterocycles. The average molecular weight is 373 g/mol. The quantitative estimate of drug-likeness (QED) is 0.802. The van der Waals surface area contributed by atoms with Crippen molar-refractivity contribution in [3.8, 4) is 0 Å². The van der Waals surface area contributed by atoms with Crippen molar-refractivity contribution in [2.24, 2.45) is 5.92 Å². The summed E-state index contributed by atoms with van der Waals surface area (Å²) in [6.45, 7) is 4.43. The van der Waals surface area contributed by atoms with Gasteiger partial charge in [0.25, 0.3) is 0 Å². The minimum Gasteiger partial charge on any atom is -0.348 e. The maximum atomic E-state index is 12.9. The summed E-state index contributed by atoms with van der Waals surface area (Å²) in [5.41, 5.74) is 0. The fraction of sp³-hybridized carbons (Fsp3) is 0.550. The summed E-state index contributed by atoms with van der Waals surface area (Å²) in [7, 11) is 0. The van der Waals surface area contributed by atoms with Crippen molar-refractivity contribution in [3.63, 3.8) is 0 Å². The molecule has 1 aliphatic carbocycles. The van der Waals surface area contributed by atoms with Gasteiger partial charge in [-0.25, -0.2) is 0 Å². The van der Waals surface area contributed by atoms with Crippen molar-refractivity contribution in [1.29, 1.82) is 0 Å². The highest BCUT2D eigenvalue weighted by Gasteiger charge is 2.32. The Morgan fingerprint density at radius 1 is 1.08 bits per heavy atom. The third-order valence-electron chi connectivity index (χ3n) is 5.79. The molecule has 1 amide bonds. The van der Waals surface area contributed by atoms with Crippen LogP contribution in [0.5, 0.6) is 0 Å². The molecule has 1 aromatic heterocycles. The molecule has 1 saturated carbocycles. The Kier molecular flexibility index (Phi) is 4.98. The van der Waals surface area contributed by atoms with Crippen molar-refractivity contribution in [3.05, 3.63) is 29.4 Å². The number of hydrogen-bond acceptors (Lipinski definition) is 4. The van der Waals surface area contributed by atoms with Crippen molar-refractivity contribution >= 4 is 34.1 Å². The van der Waals surface area contributed by atoms with E-state index in [0.29, 0.717) is 11.1 Å². The molecule has 2 fully saturated rings. The first-order valence-electron chi connectivity index (χ1n) is 9.61. The van der Waals surface area contributed by atoms with Crippen LogP contribution in [0.15, 0.2) is 24.3 Å². The molecule has 1 atom stereocenters. The van der Waals surface area contributed by atoms with Crippen LogP contribution in [-0.4, -0.2) is 46.7 Å². The summed E-state index contributed by atoms with van der Waals surface area (Å²) >= 11 is 6.21. The third-order valence-corrected chi connectivity index (χ3v) is 6.07. The van der Waals surface area contributed by atoms with Crippen molar-refractivity contribution in [2.45, 2.75) is 45.1 Å². The maximum absolute atomic E-state index is 12.9. The molecule has 2 aliphatic rings. The summed E-state index contributed by atoms with van der Waals surface area (Å²) in [5.74, 6) is 1.45. The van der Waals surface area contributed by atoms with E-state index in [1.54, 1.807) is 0 Å². The topological polar surface area (TPSA) is 49.3 Å². The van der Waals surface area contributed by atoms with Gasteiger partial charge in [-0.15, -0.1) is 10.2 Å². The standard InChI is InChI=1S/C20H25ClN4O/c1-14-13-24(20(26)15-7-3-2-4-8-15)11-12-25(14)19-17-10-6-5-9-16(17)18(21)22-23-19/h5-6,9-10,14-15H,2-4,7-8,11-13H2,1H3. The van der Waals surface area contributed by atoms with E-state index in [1.165, 1.54) is 19.3 Å². The van der Waals surface area contributed by atoms with E-state index in [4.69, 9.17) is 11.6 Å². The third kappa shape index (κ3) is 3.25. The first-order valence-corrected chi connectivity index (χ1v) is 9.99. The van der Waals surface area contributed by atoms with E-state index in [0.717, 1.165) is 49.1 Å². The average Bonchev–Trinajstić information content (AvgIpc) is 2.69. The fourth-order valence-electron chi connectivity index (χ4n) is 4.35. The van der Waals surface area contributed by atoms with Gasteiger partial charge >= 0.3 is 0 Å². The van der Waals surface area contributed by atoms with E-state index in [1.807, 2.05) is 24.3 Å². The summed E-state index contributed by atoms with van der Waals surface area (Å²) in [4.78, 5) is 17.2. The smallest absolute Gasteiger partial charge is 0.225 e. The first-order chi connectivity index (χ1) is 12.6. The highest BCUT2D eigenvalue weighted by atomic mass is 35.5. The molecule has 1 aliphatic heterocycles. The van der Waals surface area contributed by atoms with Gasteiger partial charge in [0, 0.05) is 42.4 Å². The molecule has 1 unspecified atom stereocenters. The fourth-order valence-corrected chi connectivity index (χ4v) is 4.55. The number of amides is 1. The Morgan fingerprint density at radius 2 is 1.81 bits per heavy atom. The second-order valence-electron chi connectivity index (χ2n) is 7.52. The molecule has 0 radical (unpaired) electrons. The zero-order chi connectivity index (χ0) is 18.1. The zero-order valence-corrected chi connectivity index (χ0v) is 16.0. The first kappa shape index (κ1) is 17.5. The van der Waals surface area contributed by atoms with Gasteiger partial charge in [-0.05, 0) is 19.8 Å². The number of carbonyl (C=O) groups is 1. The Labute approximate surface area is 159 Å². The number of aromatic nitrogens is 2. The molecular weight excluding hydrogens is 348 g/mol. The number of piperazine rings is 1. The second kappa shape index (κ2) is 7.39. The number of anilines is 1. The van der Waals surface area contributed by atoms with Crippen LogP contribution < -0.4 is 4.90 Å². The van der Waals surface area contributed by atoms with Gasteiger partial charge < -0.3 is 9.80 Å². The van der Waals surface area contributed by atoms with Crippen LogP contribution in [0.2, 0.25) is 5.15 Å². The van der Waals surface area contributed by atoms with Crippen LogP contribution >= 0.6 is 11.6 Å². The monoisotopic (exact) mass is 372 g/mol. The lowest BCUT2D eigenvalue weighted by molar-refractivity contribution is -0.137. The highest BCUT2D eigenvalue weighted by Crippen LogP contribution is 2.31. The largest absolute Gasteiger partial charge is 0.348 e. The number of hydrogen-bond donors (Lipinski definition) is 0. The van der Waals surface area contributed by atoms with Gasteiger partial charge in [0.2, 0.25) is 5.91 Å². The summed E-state index contributed by atoms with van der Waals surface area (Å²) in [5, 5.41) is 10.9. The molecule has 6 heteroatoms. The van der Waals surface area contributed by atoms with Crippen LogP contribution in [0.4, 0.5) is 5.82 Å². The van der Waals surface area contributed by atoms with Crippen LogP contribution in [0.1, 0.15) is 39.0 Å². The van der Waals surface area contributed by atoms with Gasteiger partial charge in [0.1, 0.15) is 0 Å². The molecular formula is C20H25ClN4O. The molecule has 4 rings (SSSR count). The Morgan fingerprint density at radius 3 is 2.54 bits per heavy atom. The predicted molar refractivity (Wildman–Crippen MR) is 105 cm³/mol. The maximum Gasteiger partial charge on any atom is 0.225 e. The van der Waals surface area contributed by atoms with E-state index >= 15 is 0 Å². The summed E-state index contributed by atoms with van der Waals surface area (Å²) in [6, 6.07) is 8.18. The highest BCUT2D eigenvalue weighted by molar-refractivity contribution is 6.34. The number of fused-ring (bicyclic) bond motifs is 1. The molecule has 0 spiro atoms. The van der Waals surface area contributed by atoms with E-state index in [2.05, 4.69) is 26.9 Å². The Balaban J connectivity index is 1.53. The van der Waals surface area contributed by atoms with Gasteiger partial charge in [0.05, 0.1) is 0 Å². The van der Waals surface area contributed by atoms with E-state index < -0.39 is 0 Å². The van der Waals surface area contributed by atoms with Crippen LogP contribution in [0.3, 0.4) is 0 Å². The molecule has 138 valence electrons. The zero-order valence-electron chi connectivity index (χ0n) is 15.2. The van der Waals surface area contributed by atoms with Crippen LogP contribution in [0.25, 0.3) is 10.8 Å². The van der Waals surface area contributed by atoms with Crippen molar-refractivity contribution in [2.75, 3.05) is 24.5 Å². The van der Waals surface area contributed by atoms with Crippen molar-refractivity contribution < 1.29 is 4.79 Å². The molecule has 26 heavy (non-hydrogen) atoms. The molecule has 5 nitrogen and oxygen atoms in total. The molecule has 2 aromatic rings. The Bertz CT molecular complexity index is 805. The van der Waals surface area contributed by atoms with Gasteiger partial charge in [-0.1, -0.05) is 55.1 Å². The number of benzene rings is 1. The lowest BCUT2D eigenvalue weighted by Crippen LogP contribution is -2.55. The second-order valence-corrected chi connectivity index (χ2v) is 7.88. The molecule has 0 N–H and O–H groups in total. The predicted octanol–water partition coefficient (Wildman–Crippen LogP) is 3.90. The van der Waals surface area contributed by atoms with E-state index in [9.17, 15) is 4.79 Å². The summed E-state index contributed by atoms with van der Waals surface area (Å²) < 4.78 is 0. The SMILES string of the molecule is CC1CN(C(=O)C2CCCCC2)CCN1c1nnc(Cl)c2ccccc12. The van der Waals surface area contributed by atoms with Crippen LogP contribution in [-0.2, 0) is 4.79 Å². The summed E-state index contributed by atoms with van der Waals surface area (Å²) in [6.07, 6.45) is 5.77. The molecule has 1 saturated heterocycles. The minimum absolute atomic E-state index is 0.204. The van der Waals surface area contributed by atoms with E-state index in [-0.39, 0.29) is 12.0 Å². The normalized spacial score (nSPS) is 22.0. The number of rotatable bonds is 2. The molecule has 0 bridgehead atoms. The lowest BCUT2D eigenvalue weighted by Gasteiger charge is -2.42. The lowest BCUT2D eigenvalue weighted by atomic mass is 9.88. The van der Waals surface area contributed by atoms with Gasteiger partial charge in [-0.2, -0.15) is 0 Å². The van der Waals surface area contributed by atoms with Crippen LogP contribution in [0, 0.1) is 5.92 Å².